The summed E-state index contributed by atoms with van der Waals surface area (Å²) in [6.07, 6.45) is 0. The molecule has 0 unspecified atom stereocenters. The Balaban J connectivity index is 2.73. The average Bonchev–Trinajstić information content (AvgIpc) is 2.37. The van der Waals surface area contributed by atoms with Crippen LogP contribution in [0.1, 0.15) is 10.4 Å². The maximum Gasteiger partial charge on any atom is 0.296 e. The van der Waals surface area contributed by atoms with E-state index in [0.29, 0.717) is 0 Å². The van der Waals surface area contributed by atoms with E-state index in [9.17, 15) is 14.0 Å². The van der Waals surface area contributed by atoms with Crippen molar-refractivity contribution in [3.63, 3.8) is 0 Å². The van der Waals surface area contributed by atoms with E-state index in [1.54, 1.807) is 0 Å². The van der Waals surface area contributed by atoms with Gasteiger partial charge in [0.05, 0.1) is 16.3 Å². The number of amides is 1. The van der Waals surface area contributed by atoms with E-state index in [1.165, 1.54) is 6.07 Å². The van der Waals surface area contributed by atoms with Gasteiger partial charge in [0, 0.05) is 0 Å². The third kappa shape index (κ3) is 1.02. The second kappa shape index (κ2) is 2.53. The first-order chi connectivity index (χ1) is 6.11. The molecule has 0 radical (unpaired) electrons. The van der Waals surface area contributed by atoms with E-state index in [4.69, 9.17) is 11.6 Å². The second-order valence-electron chi connectivity index (χ2n) is 2.57. The van der Waals surface area contributed by atoms with Gasteiger partial charge in [0.25, 0.3) is 11.7 Å². The lowest BCUT2D eigenvalue weighted by atomic mass is 10.1. The predicted octanol–water partition coefficient (Wildman–Crippen LogP) is 1.61. The number of Topliss-reactive ketones (excluding diaryl/α,β-unsaturated/α-hetero) is 1. The SMILES string of the molecule is O=C1Nc2ccc(F)c(Cl)c2C1=O. The van der Waals surface area contributed by atoms with Gasteiger partial charge in [-0.15, -0.1) is 0 Å². The largest absolute Gasteiger partial charge is 0.318 e. The number of fused-ring (bicyclic) bond motifs is 1. The van der Waals surface area contributed by atoms with Crippen molar-refractivity contribution in [2.24, 2.45) is 0 Å². The van der Waals surface area contributed by atoms with Crippen LogP contribution < -0.4 is 5.32 Å². The Kier molecular flexibility index (Phi) is 1.60. The molecule has 1 heterocycles. The van der Waals surface area contributed by atoms with Gasteiger partial charge in [-0.3, -0.25) is 9.59 Å². The minimum Gasteiger partial charge on any atom is -0.318 e. The molecule has 0 aromatic heterocycles. The predicted molar refractivity (Wildman–Crippen MR) is 44.4 cm³/mol. The van der Waals surface area contributed by atoms with E-state index in [1.807, 2.05) is 0 Å². The van der Waals surface area contributed by atoms with Gasteiger partial charge in [-0.1, -0.05) is 11.6 Å². The molecule has 3 nitrogen and oxygen atoms in total. The highest BCUT2D eigenvalue weighted by Crippen LogP contribution is 2.31. The molecule has 2 rings (SSSR count). The molecule has 0 atom stereocenters. The second-order valence-corrected chi connectivity index (χ2v) is 2.95. The monoisotopic (exact) mass is 199 g/mol. The molecule has 1 aliphatic rings. The fourth-order valence-corrected chi connectivity index (χ4v) is 1.42. The molecule has 0 saturated heterocycles. The van der Waals surface area contributed by atoms with E-state index < -0.39 is 17.5 Å². The molecule has 1 amide bonds. The van der Waals surface area contributed by atoms with E-state index in [2.05, 4.69) is 5.32 Å². The van der Waals surface area contributed by atoms with Crippen molar-refractivity contribution in [3.05, 3.63) is 28.5 Å². The first-order valence-electron chi connectivity index (χ1n) is 3.45. The van der Waals surface area contributed by atoms with Crippen LogP contribution in [-0.4, -0.2) is 11.7 Å². The summed E-state index contributed by atoms with van der Waals surface area (Å²) in [6.45, 7) is 0. The topological polar surface area (TPSA) is 46.2 Å². The zero-order chi connectivity index (χ0) is 9.59. The maximum absolute atomic E-state index is 12.9. The number of benzene rings is 1. The lowest BCUT2D eigenvalue weighted by molar-refractivity contribution is -0.112. The fraction of sp³-hybridized carbons (Fsp3) is 0. The zero-order valence-corrected chi connectivity index (χ0v) is 6.98. The molecule has 5 heteroatoms. The Hall–Kier alpha value is -1.42. The van der Waals surface area contributed by atoms with Gasteiger partial charge < -0.3 is 5.32 Å². The van der Waals surface area contributed by atoms with Gasteiger partial charge in [0.15, 0.2) is 0 Å². The molecule has 1 aliphatic heterocycles. The Bertz CT molecular complexity index is 430. The smallest absolute Gasteiger partial charge is 0.296 e. The van der Waals surface area contributed by atoms with Crippen molar-refractivity contribution in [3.8, 4) is 0 Å². The maximum atomic E-state index is 12.9. The van der Waals surface area contributed by atoms with Gasteiger partial charge in [0.2, 0.25) is 0 Å². The highest BCUT2D eigenvalue weighted by Gasteiger charge is 2.31. The summed E-state index contributed by atoms with van der Waals surface area (Å²) in [5.41, 5.74) is 0.188. The van der Waals surface area contributed by atoms with Crippen molar-refractivity contribution in [1.82, 2.24) is 0 Å². The normalized spacial score (nSPS) is 14.3. The minimum absolute atomic E-state index is 0.0772. The van der Waals surface area contributed by atoms with Crippen LogP contribution in [0.4, 0.5) is 10.1 Å². The molecule has 0 spiro atoms. The number of carbonyl (C=O) groups excluding carboxylic acids is 2. The number of nitrogens with one attached hydrogen (secondary N) is 1. The van der Waals surface area contributed by atoms with Gasteiger partial charge in [0.1, 0.15) is 5.82 Å². The average molecular weight is 200 g/mol. The number of hydrogen-bond donors (Lipinski definition) is 1. The Morgan fingerprint density at radius 3 is 2.69 bits per heavy atom. The molecule has 0 aliphatic carbocycles. The fourth-order valence-electron chi connectivity index (χ4n) is 1.17. The van der Waals surface area contributed by atoms with Crippen molar-refractivity contribution in [2.75, 3.05) is 5.32 Å². The molecule has 1 aromatic rings. The molecule has 0 saturated carbocycles. The van der Waals surface area contributed by atoms with Crippen LogP contribution in [0.25, 0.3) is 0 Å². The highest BCUT2D eigenvalue weighted by molar-refractivity contribution is 6.54. The number of rotatable bonds is 0. The molecule has 1 N–H and O–H groups in total. The number of anilines is 1. The lowest BCUT2D eigenvalue weighted by Crippen LogP contribution is -2.12. The van der Waals surface area contributed by atoms with Crippen molar-refractivity contribution in [2.45, 2.75) is 0 Å². The molecular weight excluding hydrogens is 197 g/mol. The standard InChI is InChI=1S/C8H3ClFNO2/c9-6-3(10)1-2-4-5(6)7(12)8(13)11-4/h1-2H,(H,11,12,13). The van der Waals surface area contributed by atoms with Crippen LogP contribution in [0.3, 0.4) is 0 Å². The summed E-state index contributed by atoms with van der Waals surface area (Å²) >= 11 is 5.51. The molecule has 0 bridgehead atoms. The highest BCUT2D eigenvalue weighted by atomic mass is 35.5. The molecule has 0 fully saturated rings. The third-order valence-corrected chi connectivity index (χ3v) is 2.15. The van der Waals surface area contributed by atoms with Crippen LogP contribution in [0.15, 0.2) is 12.1 Å². The minimum atomic E-state index is -0.792. The number of hydrogen-bond acceptors (Lipinski definition) is 2. The third-order valence-electron chi connectivity index (χ3n) is 1.78. The zero-order valence-electron chi connectivity index (χ0n) is 6.23. The molecule has 13 heavy (non-hydrogen) atoms. The number of ketones is 1. The molecular formula is C8H3ClFNO2. The van der Waals surface area contributed by atoms with E-state index in [0.717, 1.165) is 6.07 Å². The molecule has 1 aromatic carbocycles. The number of halogens is 2. The summed E-state index contributed by atoms with van der Waals surface area (Å²) in [4.78, 5) is 22.0. The van der Waals surface area contributed by atoms with Crippen LogP contribution in [-0.2, 0) is 4.79 Å². The summed E-state index contributed by atoms with van der Waals surface area (Å²) in [5, 5.41) is 1.97. The van der Waals surface area contributed by atoms with Crippen LogP contribution in [0.2, 0.25) is 5.02 Å². The van der Waals surface area contributed by atoms with E-state index in [-0.39, 0.29) is 16.3 Å². The number of carbonyl (C=O) groups is 2. The van der Waals surface area contributed by atoms with Gasteiger partial charge in [-0.05, 0) is 12.1 Å². The summed E-state index contributed by atoms with van der Waals surface area (Å²) in [7, 11) is 0. The van der Waals surface area contributed by atoms with Crippen LogP contribution in [0.5, 0.6) is 0 Å². The van der Waals surface area contributed by atoms with Gasteiger partial charge in [-0.25, -0.2) is 4.39 Å². The summed E-state index contributed by atoms with van der Waals surface area (Å²) in [6, 6.07) is 2.40. The lowest BCUT2D eigenvalue weighted by Gasteiger charge is -1.98. The summed E-state index contributed by atoms with van der Waals surface area (Å²) < 4.78 is 12.9. The van der Waals surface area contributed by atoms with Crippen molar-refractivity contribution in [1.29, 1.82) is 0 Å². The molecule has 66 valence electrons. The van der Waals surface area contributed by atoms with Crippen LogP contribution in [0, 0.1) is 5.82 Å². The Labute approximate surface area is 77.5 Å². The quantitative estimate of drug-likeness (QED) is 0.646. The first-order valence-corrected chi connectivity index (χ1v) is 3.82. The van der Waals surface area contributed by atoms with Crippen LogP contribution >= 0.6 is 11.6 Å². The summed E-state index contributed by atoms with van der Waals surface area (Å²) in [5.74, 6) is -2.27. The first kappa shape index (κ1) is 8.19. The van der Waals surface area contributed by atoms with E-state index >= 15 is 0 Å². The van der Waals surface area contributed by atoms with Crippen molar-refractivity contribution >= 4 is 29.0 Å². The van der Waals surface area contributed by atoms with Crippen molar-refractivity contribution < 1.29 is 14.0 Å². The van der Waals surface area contributed by atoms with Gasteiger partial charge in [-0.2, -0.15) is 0 Å². The Morgan fingerprint density at radius 1 is 1.31 bits per heavy atom. The Morgan fingerprint density at radius 2 is 2.00 bits per heavy atom. The van der Waals surface area contributed by atoms with Gasteiger partial charge >= 0.3 is 0 Å².